The molecule has 68 valence electrons. The van der Waals surface area contributed by atoms with Crippen molar-refractivity contribution < 1.29 is 4.74 Å². The summed E-state index contributed by atoms with van der Waals surface area (Å²) in [5.41, 5.74) is 3.25. The molecule has 0 aliphatic carbocycles. The summed E-state index contributed by atoms with van der Waals surface area (Å²) in [6, 6.07) is 1.77. The van der Waals surface area contributed by atoms with Gasteiger partial charge in [0.15, 0.2) is 0 Å². The second-order valence-corrected chi connectivity index (χ2v) is 3.44. The van der Waals surface area contributed by atoms with Crippen LogP contribution in [0.2, 0.25) is 0 Å². The Morgan fingerprint density at radius 3 is 2.38 bits per heavy atom. The molecule has 0 saturated heterocycles. The number of hydrogen-bond donors (Lipinski definition) is 1. The molecule has 3 heteroatoms. The van der Waals surface area contributed by atoms with Crippen LogP contribution in [0.1, 0.15) is 16.7 Å². The third-order valence-electron chi connectivity index (χ3n) is 2.30. The van der Waals surface area contributed by atoms with E-state index in [9.17, 15) is 0 Å². The maximum Gasteiger partial charge on any atom is 0.292 e. The summed E-state index contributed by atoms with van der Waals surface area (Å²) in [6.45, 7) is 5.93. The zero-order valence-electron chi connectivity index (χ0n) is 7.88. The number of benzene rings is 1. The van der Waals surface area contributed by atoms with Crippen molar-refractivity contribution >= 4 is 12.6 Å². The molecule has 2 nitrogen and oxygen atoms in total. The molecule has 0 aromatic heterocycles. The van der Waals surface area contributed by atoms with Gasteiger partial charge in [-0.3, -0.25) is 0 Å². The number of thiol groups is 1. The predicted molar refractivity (Wildman–Crippen MR) is 54.1 cm³/mol. The van der Waals surface area contributed by atoms with Crippen LogP contribution in [0.5, 0.6) is 5.75 Å². The van der Waals surface area contributed by atoms with Crippen LogP contribution in [0, 0.1) is 32.3 Å². The van der Waals surface area contributed by atoms with Crippen molar-refractivity contribution in [3.05, 3.63) is 22.8 Å². The fourth-order valence-electron chi connectivity index (χ4n) is 1.15. The van der Waals surface area contributed by atoms with E-state index in [-0.39, 0.29) is 0 Å². The average molecular weight is 193 g/mol. The standard InChI is InChI=1S/C10H11NOS/c1-6-7(2)9(12-5-11)4-10(13)8(6)3/h4,13H,1-3H3. The first-order valence-electron chi connectivity index (χ1n) is 3.93. The Balaban J connectivity index is 3.34. The second kappa shape index (κ2) is 3.71. The summed E-state index contributed by atoms with van der Waals surface area (Å²) in [5, 5.41) is 8.40. The summed E-state index contributed by atoms with van der Waals surface area (Å²) < 4.78 is 4.81. The van der Waals surface area contributed by atoms with E-state index in [0.29, 0.717) is 5.75 Å². The molecule has 1 rings (SSSR count). The van der Waals surface area contributed by atoms with Crippen molar-refractivity contribution in [1.29, 1.82) is 5.26 Å². The van der Waals surface area contributed by atoms with E-state index in [1.807, 2.05) is 20.8 Å². The lowest BCUT2D eigenvalue weighted by Crippen LogP contribution is -1.93. The molecule has 0 unspecified atom stereocenters. The molecule has 0 radical (unpaired) electrons. The van der Waals surface area contributed by atoms with Crippen LogP contribution in [0.4, 0.5) is 0 Å². The first kappa shape index (κ1) is 9.94. The highest BCUT2D eigenvalue weighted by Crippen LogP contribution is 2.29. The topological polar surface area (TPSA) is 33.0 Å². The maximum atomic E-state index is 8.40. The normalized spacial score (nSPS) is 9.46. The molecule has 0 N–H and O–H groups in total. The van der Waals surface area contributed by atoms with Crippen LogP contribution in [0.25, 0.3) is 0 Å². The van der Waals surface area contributed by atoms with Crippen molar-refractivity contribution in [2.75, 3.05) is 0 Å². The van der Waals surface area contributed by atoms with Gasteiger partial charge >= 0.3 is 0 Å². The molecule has 0 aliphatic heterocycles. The summed E-state index contributed by atoms with van der Waals surface area (Å²) in [7, 11) is 0. The Morgan fingerprint density at radius 1 is 1.23 bits per heavy atom. The van der Waals surface area contributed by atoms with Gasteiger partial charge in [0.25, 0.3) is 6.26 Å². The third-order valence-corrected chi connectivity index (χ3v) is 2.77. The lowest BCUT2D eigenvalue weighted by Gasteiger charge is -2.10. The van der Waals surface area contributed by atoms with Gasteiger partial charge in [-0.1, -0.05) is 0 Å². The van der Waals surface area contributed by atoms with Gasteiger partial charge in [0.2, 0.25) is 0 Å². The number of hydrogen-bond acceptors (Lipinski definition) is 3. The predicted octanol–water partition coefficient (Wildman–Crippen LogP) is 2.76. The van der Waals surface area contributed by atoms with Gasteiger partial charge in [-0.25, -0.2) is 0 Å². The van der Waals surface area contributed by atoms with Gasteiger partial charge in [0.05, 0.1) is 0 Å². The Hall–Kier alpha value is -1.14. The van der Waals surface area contributed by atoms with Gasteiger partial charge in [-0.05, 0) is 43.5 Å². The van der Waals surface area contributed by atoms with Crippen molar-refractivity contribution in [3.8, 4) is 12.0 Å². The summed E-state index contributed by atoms with van der Waals surface area (Å²) in [5.74, 6) is 0.593. The first-order chi connectivity index (χ1) is 6.07. The maximum absolute atomic E-state index is 8.40. The molecule has 13 heavy (non-hydrogen) atoms. The molecule has 1 aromatic rings. The fourth-order valence-corrected chi connectivity index (χ4v) is 1.44. The van der Waals surface area contributed by atoms with E-state index in [4.69, 9.17) is 10.00 Å². The van der Waals surface area contributed by atoms with E-state index in [2.05, 4.69) is 12.6 Å². The Kier molecular flexibility index (Phi) is 2.84. The van der Waals surface area contributed by atoms with E-state index < -0.39 is 0 Å². The molecule has 1 aromatic carbocycles. The van der Waals surface area contributed by atoms with E-state index in [0.717, 1.165) is 21.6 Å². The largest absolute Gasteiger partial charge is 0.388 e. The van der Waals surface area contributed by atoms with Gasteiger partial charge in [-0.15, -0.1) is 17.9 Å². The molecule has 0 atom stereocenters. The SMILES string of the molecule is Cc1c(S)cc(OC#N)c(C)c1C. The molecule has 0 bridgehead atoms. The molecule has 0 fully saturated rings. The van der Waals surface area contributed by atoms with Gasteiger partial charge in [0.1, 0.15) is 5.75 Å². The van der Waals surface area contributed by atoms with E-state index in [1.54, 1.807) is 12.3 Å². The molecule has 0 aliphatic rings. The van der Waals surface area contributed by atoms with Gasteiger partial charge in [-0.2, -0.15) is 0 Å². The van der Waals surface area contributed by atoms with Gasteiger partial charge < -0.3 is 4.74 Å². The highest BCUT2D eigenvalue weighted by molar-refractivity contribution is 7.80. The quantitative estimate of drug-likeness (QED) is 0.549. The highest BCUT2D eigenvalue weighted by atomic mass is 32.1. The minimum Gasteiger partial charge on any atom is -0.388 e. The van der Waals surface area contributed by atoms with Crippen LogP contribution in [-0.2, 0) is 0 Å². The van der Waals surface area contributed by atoms with Crippen molar-refractivity contribution in [2.45, 2.75) is 25.7 Å². The molecule has 0 spiro atoms. The average Bonchev–Trinajstić information content (AvgIpc) is 2.11. The smallest absolute Gasteiger partial charge is 0.292 e. The second-order valence-electron chi connectivity index (χ2n) is 2.96. The van der Waals surface area contributed by atoms with Crippen LogP contribution in [0.15, 0.2) is 11.0 Å². The van der Waals surface area contributed by atoms with Crippen molar-refractivity contribution in [3.63, 3.8) is 0 Å². The Morgan fingerprint density at radius 2 is 1.85 bits per heavy atom. The fraction of sp³-hybridized carbons (Fsp3) is 0.300. The molecular weight excluding hydrogens is 182 g/mol. The summed E-state index contributed by atoms with van der Waals surface area (Å²) in [6.07, 6.45) is 1.66. The summed E-state index contributed by atoms with van der Waals surface area (Å²) >= 11 is 4.29. The van der Waals surface area contributed by atoms with Gasteiger partial charge in [0, 0.05) is 4.90 Å². The van der Waals surface area contributed by atoms with Crippen LogP contribution in [0.3, 0.4) is 0 Å². The number of rotatable bonds is 1. The Bertz CT molecular complexity index is 379. The molecular formula is C10H11NOS. The zero-order chi connectivity index (χ0) is 10.0. The van der Waals surface area contributed by atoms with Crippen molar-refractivity contribution in [2.24, 2.45) is 0 Å². The highest BCUT2D eigenvalue weighted by Gasteiger charge is 2.08. The third kappa shape index (κ3) is 1.78. The monoisotopic (exact) mass is 193 g/mol. The van der Waals surface area contributed by atoms with E-state index in [1.165, 1.54) is 0 Å². The Labute approximate surface area is 83.6 Å². The minimum atomic E-state index is 0.593. The van der Waals surface area contributed by atoms with Crippen LogP contribution in [-0.4, -0.2) is 0 Å². The molecule has 0 heterocycles. The molecule has 0 saturated carbocycles. The lowest BCUT2D eigenvalue weighted by atomic mass is 10.0. The van der Waals surface area contributed by atoms with Crippen molar-refractivity contribution in [1.82, 2.24) is 0 Å². The number of ether oxygens (including phenoxy) is 1. The lowest BCUT2D eigenvalue weighted by molar-refractivity contribution is 0.500. The number of nitrogens with zero attached hydrogens (tertiary/aromatic N) is 1. The van der Waals surface area contributed by atoms with Crippen LogP contribution >= 0.6 is 12.6 Å². The number of nitriles is 1. The molecule has 0 amide bonds. The van der Waals surface area contributed by atoms with Crippen LogP contribution < -0.4 is 4.74 Å². The minimum absolute atomic E-state index is 0.593. The summed E-state index contributed by atoms with van der Waals surface area (Å²) in [4.78, 5) is 0.855. The first-order valence-corrected chi connectivity index (χ1v) is 4.38. The zero-order valence-corrected chi connectivity index (χ0v) is 8.77. The van der Waals surface area contributed by atoms with E-state index >= 15 is 0 Å².